The molecule has 0 unspecified atom stereocenters. The predicted molar refractivity (Wildman–Crippen MR) is 65.0 cm³/mol. The molecule has 78 valence electrons. The van der Waals surface area contributed by atoms with Gasteiger partial charge in [-0.2, -0.15) is 0 Å². The molecule has 0 aromatic heterocycles. The molecule has 0 radical (unpaired) electrons. The zero-order valence-corrected chi connectivity index (χ0v) is 10.7. The molecule has 1 nitrogen and oxygen atoms in total. The van der Waals surface area contributed by atoms with Crippen LogP contribution < -0.4 is 4.74 Å². The largest absolute Gasteiger partial charge is 0.494 e. The quantitative estimate of drug-likeness (QED) is 0.572. The van der Waals surface area contributed by atoms with Crippen LogP contribution in [0.2, 0.25) is 10.0 Å². The molecule has 0 fully saturated rings. The molecule has 0 saturated carbocycles. The van der Waals surface area contributed by atoms with Crippen LogP contribution in [0.1, 0.15) is 12.8 Å². The van der Waals surface area contributed by atoms with E-state index in [1.165, 1.54) is 0 Å². The summed E-state index contributed by atoms with van der Waals surface area (Å²) < 4.78 is 5.48. The topological polar surface area (TPSA) is 9.23 Å². The van der Waals surface area contributed by atoms with Gasteiger partial charge in [-0.1, -0.05) is 39.1 Å². The zero-order chi connectivity index (χ0) is 10.4. The third kappa shape index (κ3) is 4.07. The van der Waals surface area contributed by atoms with Crippen molar-refractivity contribution in [3.63, 3.8) is 0 Å². The van der Waals surface area contributed by atoms with Crippen molar-refractivity contribution in [2.24, 2.45) is 0 Å². The van der Waals surface area contributed by atoms with Crippen molar-refractivity contribution in [3.05, 3.63) is 28.2 Å². The maximum absolute atomic E-state index is 5.83. The average Bonchev–Trinajstić information content (AvgIpc) is 2.18. The average molecular weight is 298 g/mol. The van der Waals surface area contributed by atoms with Crippen LogP contribution in [-0.4, -0.2) is 11.9 Å². The minimum Gasteiger partial charge on any atom is -0.494 e. The molecular weight excluding hydrogens is 287 g/mol. The molecule has 1 rings (SSSR count). The van der Waals surface area contributed by atoms with Crippen LogP contribution in [0, 0.1) is 0 Å². The van der Waals surface area contributed by atoms with Gasteiger partial charge in [0.2, 0.25) is 0 Å². The van der Waals surface area contributed by atoms with Crippen molar-refractivity contribution in [2.45, 2.75) is 12.8 Å². The molecule has 0 bridgehead atoms. The van der Waals surface area contributed by atoms with Crippen LogP contribution >= 0.6 is 39.1 Å². The third-order valence-corrected chi connectivity index (χ3v) is 2.99. The Balaban J connectivity index is 2.39. The Morgan fingerprint density at radius 3 is 2.57 bits per heavy atom. The standard InChI is InChI=1S/C10H11BrCl2O/c11-5-1-2-6-14-8-3-4-9(12)10(13)7-8/h3-4,7H,1-2,5-6H2. The van der Waals surface area contributed by atoms with Crippen LogP contribution in [0.15, 0.2) is 18.2 Å². The molecule has 0 aliphatic rings. The van der Waals surface area contributed by atoms with Gasteiger partial charge in [0.25, 0.3) is 0 Å². The summed E-state index contributed by atoms with van der Waals surface area (Å²) >= 11 is 15.0. The van der Waals surface area contributed by atoms with E-state index >= 15 is 0 Å². The lowest BCUT2D eigenvalue weighted by Crippen LogP contribution is -1.97. The highest BCUT2D eigenvalue weighted by molar-refractivity contribution is 9.09. The van der Waals surface area contributed by atoms with Gasteiger partial charge < -0.3 is 4.74 Å². The first-order chi connectivity index (χ1) is 6.74. The van der Waals surface area contributed by atoms with Gasteiger partial charge in [-0.15, -0.1) is 0 Å². The van der Waals surface area contributed by atoms with E-state index in [0.717, 1.165) is 23.9 Å². The summed E-state index contributed by atoms with van der Waals surface area (Å²) in [6, 6.07) is 5.30. The van der Waals surface area contributed by atoms with E-state index < -0.39 is 0 Å². The van der Waals surface area contributed by atoms with Gasteiger partial charge in [0, 0.05) is 11.4 Å². The SMILES string of the molecule is Clc1ccc(OCCCCBr)cc1Cl. The van der Waals surface area contributed by atoms with Gasteiger partial charge in [-0.05, 0) is 25.0 Å². The molecule has 0 aliphatic heterocycles. The Bertz CT molecular complexity index is 291. The second-order valence-corrected chi connectivity index (χ2v) is 4.43. The van der Waals surface area contributed by atoms with Crippen LogP contribution in [0.25, 0.3) is 0 Å². The van der Waals surface area contributed by atoms with Crippen LogP contribution in [0.3, 0.4) is 0 Å². The van der Waals surface area contributed by atoms with E-state index in [1.54, 1.807) is 12.1 Å². The Morgan fingerprint density at radius 2 is 1.93 bits per heavy atom. The van der Waals surface area contributed by atoms with E-state index in [-0.39, 0.29) is 0 Å². The van der Waals surface area contributed by atoms with Gasteiger partial charge in [0.05, 0.1) is 16.7 Å². The first-order valence-electron chi connectivity index (χ1n) is 4.38. The van der Waals surface area contributed by atoms with Gasteiger partial charge in [0.1, 0.15) is 5.75 Å². The zero-order valence-electron chi connectivity index (χ0n) is 7.60. The molecular formula is C10H11BrCl2O. The molecule has 0 N–H and O–H groups in total. The maximum atomic E-state index is 5.83. The fraction of sp³-hybridized carbons (Fsp3) is 0.400. The van der Waals surface area contributed by atoms with Crippen molar-refractivity contribution in [1.29, 1.82) is 0 Å². The minimum absolute atomic E-state index is 0.532. The number of hydrogen-bond donors (Lipinski definition) is 0. The van der Waals surface area contributed by atoms with Gasteiger partial charge >= 0.3 is 0 Å². The highest BCUT2D eigenvalue weighted by Crippen LogP contribution is 2.26. The predicted octanol–water partition coefficient (Wildman–Crippen LogP) is 4.55. The first kappa shape index (κ1) is 12.2. The van der Waals surface area contributed by atoms with Crippen LogP contribution in [0.4, 0.5) is 0 Å². The highest BCUT2D eigenvalue weighted by atomic mass is 79.9. The summed E-state index contributed by atoms with van der Waals surface area (Å²) in [5, 5.41) is 2.10. The molecule has 4 heteroatoms. The molecule has 1 aromatic rings. The van der Waals surface area contributed by atoms with Crippen LogP contribution in [0.5, 0.6) is 5.75 Å². The maximum Gasteiger partial charge on any atom is 0.120 e. The number of benzene rings is 1. The van der Waals surface area contributed by atoms with E-state index in [0.29, 0.717) is 16.7 Å². The molecule has 0 amide bonds. The van der Waals surface area contributed by atoms with Crippen molar-refractivity contribution < 1.29 is 4.74 Å². The smallest absolute Gasteiger partial charge is 0.120 e. The summed E-state index contributed by atoms with van der Waals surface area (Å²) in [6.07, 6.45) is 2.15. The van der Waals surface area contributed by atoms with Crippen LogP contribution in [-0.2, 0) is 0 Å². The molecule has 0 aliphatic carbocycles. The van der Waals surface area contributed by atoms with E-state index in [1.807, 2.05) is 6.07 Å². The third-order valence-electron chi connectivity index (χ3n) is 1.69. The van der Waals surface area contributed by atoms with Gasteiger partial charge in [0.15, 0.2) is 0 Å². The Labute approximate surface area is 102 Å². The highest BCUT2D eigenvalue weighted by Gasteiger charge is 1.99. The van der Waals surface area contributed by atoms with Crippen molar-refractivity contribution in [2.75, 3.05) is 11.9 Å². The summed E-state index contributed by atoms with van der Waals surface area (Å²) in [6.45, 7) is 0.712. The number of unbranched alkanes of at least 4 members (excludes halogenated alkanes) is 1. The number of ether oxygens (including phenoxy) is 1. The summed E-state index contributed by atoms with van der Waals surface area (Å²) in [5.74, 6) is 0.772. The van der Waals surface area contributed by atoms with Gasteiger partial charge in [-0.25, -0.2) is 0 Å². The van der Waals surface area contributed by atoms with Crippen molar-refractivity contribution >= 4 is 39.1 Å². The molecule has 0 saturated heterocycles. The number of halogens is 3. The fourth-order valence-electron chi connectivity index (χ4n) is 0.953. The van der Waals surface area contributed by atoms with E-state index in [4.69, 9.17) is 27.9 Å². The van der Waals surface area contributed by atoms with Crippen molar-refractivity contribution in [1.82, 2.24) is 0 Å². The molecule has 0 atom stereocenters. The Hall–Kier alpha value is 0.0800. The lowest BCUT2D eigenvalue weighted by molar-refractivity contribution is 0.310. The molecule has 0 spiro atoms. The molecule has 0 heterocycles. The number of rotatable bonds is 5. The minimum atomic E-state index is 0.532. The normalized spacial score (nSPS) is 10.2. The van der Waals surface area contributed by atoms with Gasteiger partial charge in [-0.3, -0.25) is 0 Å². The fourth-order valence-corrected chi connectivity index (χ4v) is 1.64. The van der Waals surface area contributed by atoms with Crippen molar-refractivity contribution in [3.8, 4) is 5.75 Å². The van der Waals surface area contributed by atoms with E-state index in [2.05, 4.69) is 15.9 Å². The first-order valence-corrected chi connectivity index (χ1v) is 6.25. The summed E-state index contributed by atoms with van der Waals surface area (Å²) in [5.41, 5.74) is 0. The monoisotopic (exact) mass is 296 g/mol. The lowest BCUT2D eigenvalue weighted by atomic mass is 10.3. The summed E-state index contributed by atoms with van der Waals surface area (Å²) in [4.78, 5) is 0. The second-order valence-electron chi connectivity index (χ2n) is 2.82. The molecule has 1 aromatic carbocycles. The lowest BCUT2D eigenvalue weighted by Gasteiger charge is -2.06. The Kier molecular flexibility index (Phi) is 5.68. The summed E-state index contributed by atoms with van der Waals surface area (Å²) in [7, 11) is 0. The molecule has 14 heavy (non-hydrogen) atoms. The number of alkyl halides is 1. The second kappa shape index (κ2) is 6.54. The Morgan fingerprint density at radius 1 is 1.14 bits per heavy atom. The number of hydrogen-bond acceptors (Lipinski definition) is 1. The van der Waals surface area contributed by atoms with E-state index in [9.17, 15) is 0 Å².